The van der Waals surface area contributed by atoms with Crippen LogP contribution in [0.1, 0.15) is 21.5 Å². The largest absolute Gasteiger partial charge is 0.496 e. The molecule has 6 nitrogen and oxygen atoms in total. The van der Waals surface area contributed by atoms with Crippen molar-refractivity contribution in [2.45, 2.75) is 13.3 Å². The second-order valence-electron chi connectivity index (χ2n) is 5.53. The Hall–Kier alpha value is -3.02. The van der Waals surface area contributed by atoms with Gasteiger partial charge in [-0.25, -0.2) is 4.79 Å². The predicted molar refractivity (Wildman–Crippen MR) is 93.3 cm³/mol. The zero-order valence-corrected chi connectivity index (χ0v) is 14.2. The molecule has 0 bridgehead atoms. The minimum absolute atomic E-state index is 0.243. The van der Waals surface area contributed by atoms with Crippen molar-refractivity contribution in [2.75, 3.05) is 20.3 Å². The second-order valence-corrected chi connectivity index (χ2v) is 5.53. The number of hydrogen-bond donors (Lipinski definition) is 2. The van der Waals surface area contributed by atoms with E-state index in [0.717, 1.165) is 16.9 Å². The number of ether oxygens (including phenoxy) is 2. The van der Waals surface area contributed by atoms with E-state index in [2.05, 4.69) is 5.32 Å². The number of aliphatic carboxylic acids is 1. The van der Waals surface area contributed by atoms with Crippen molar-refractivity contribution >= 4 is 11.9 Å². The monoisotopic (exact) mass is 343 g/mol. The highest BCUT2D eigenvalue weighted by Gasteiger charge is 2.09. The minimum Gasteiger partial charge on any atom is -0.496 e. The number of hydrogen-bond acceptors (Lipinski definition) is 4. The first-order valence-electron chi connectivity index (χ1n) is 7.86. The number of carboxylic acids is 1. The normalized spacial score (nSPS) is 10.2. The molecule has 2 aromatic carbocycles. The molecule has 0 heterocycles. The Labute approximate surface area is 146 Å². The first-order chi connectivity index (χ1) is 12.0. The zero-order chi connectivity index (χ0) is 18.2. The van der Waals surface area contributed by atoms with Crippen LogP contribution in [0.15, 0.2) is 42.5 Å². The van der Waals surface area contributed by atoms with Crippen molar-refractivity contribution < 1.29 is 24.2 Å². The smallest absolute Gasteiger partial charge is 0.341 e. The molecule has 132 valence electrons. The first-order valence-corrected chi connectivity index (χ1v) is 7.86. The molecule has 1 amide bonds. The number of rotatable bonds is 8. The molecule has 25 heavy (non-hydrogen) atoms. The second kappa shape index (κ2) is 8.73. The summed E-state index contributed by atoms with van der Waals surface area (Å²) >= 11 is 0. The highest BCUT2D eigenvalue weighted by Crippen LogP contribution is 2.20. The maximum Gasteiger partial charge on any atom is 0.341 e. The van der Waals surface area contributed by atoms with Gasteiger partial charge in [0, 0.05) is 12.1 Å². The van der Waals surface area contributed by atoms with E-state index >= 15 is 0 Å². The number of amides is 1. The van der Waals surface area contributed by atoms with Crippen LogP contribution < -0.4 is 14.8 Å². The van der Waals surface area contributed by atoms with E-state index in [-0.39, 0.29) is 5.91 Å². The Morgan fingerprint density at radius 1 is 1.16 bits per heavy atom. The zero-order valence-electron chi connectivity index (χ0n) is 14.2. The number of carboxylic acid groups (broad SMARTS) is 1. The molecule has 0 saturated heterocycles. The molecule has 0 atom stereocenters. The van der Waals surface area contributed by atoms with E-state index < -0.39 is 12.6 Å². The quantitative estimate of drug-likeness (QED) is 0.769. The molecule has 0 fully saturated rings. The molecule has 0 saturated carbocycles. The molecule has 0 aromatic heterocycles. The third kappa shape index (κ3) is 5.53. The van der Waals surface area contributed by atoms with E-state index in [1.165, 1.54) is 6.07 Å². The van der Waals surface area contributed by atoms with Crippen LogP contribution in [0.25, 0.3) is 0 Å². The molecule has 0 aliphatic rings. The van der Waals surface area contributed by atoms with Gasteiger partial charge in [0.15, 0.2) is 6.61 Å². The van der Waals surface area contributed by atoms with E-state index in [1.54, 1.807) is 25.3 Å². The Balaban J connectivity index is 1.93. The van der Waals surface area contributed by atoms with Gasteiger partial charge in [-0.15, -0.1) is 0 Å². The van der Waals surface area contributed by atoms with Crippen LogP contribution in [0, 0.1) is 6.92 Å². The molecule has 0 spiro atoms. The summed E-state index contributed by atoms with van der Waals surface area (Å²) in [4.78, 5) is 22.8. The van der Waals surface area contributed by atoms with Crippen molar-refractivity contribution in [3.8, 4) is 11.5 Å². The lowest BCUT2D eigenvalue weighted by molar-refractivity contribution is -0.139. The summed E-state index contributed by atoms with van der Waals surface area (Å²) < 4.78 is 10.4. The van der Waals surface area contributed by atoms with Crippen LogP contribution in [-0.4, -0.2) is 37.2 Å². The molecule has 0 aliphatic carbocycles. The average molecular weight is 343 g/mol. The molecule has 2 N–H and O–H groups in total. The van der Waals surface area contributed by atoms with E-state index in [4.69, 9.17) is 14.6 Å². The SMILES string of the molecule is COc1ccc(C)cc1CCNC(=O)c1cccc(OCC(=O)O)c1. The third-order valence-electron chi connectivity index (χ3n) is 3.57. The van der Waals surface area contributed by atoms with Gasteiger partial charge in [-0.1, -0.05) is 23.8 Å². The molecule has 0 unspecified atom stereocenters. The molecule has 2 rings (SSSR count). The van der Waals surface area contributed by atoms with Crippen LogP contribution in [0.2, 0.25) is 0 Å². The van der Waals surface area contributed by atoms with Gasteiger partial charge in [-0.05, 0) is 43.2 Å². The summed E-state index contributed by atoms with van der Waals surface area (Å²) in [5, 5.41) is 11.5. The van der Waals surface area contributed by atoms with Crippen LogP contribution in [0.3, 0.4) is 0 Å². The predicted octanol–water partition coefficient (Wildman–Crippen LogP) is 2.44. The molecule has 6 heteroatoms. The maximum atomic E-state index is 12.2. The van der Waals surface area contributed by atoms with Crippen LogP contribution in [0.5, 0.6) is 11.5 Å². The van der Waals surface area contributed by atoms with Gasteiger partial charge in [-0.2, -0.15) is 0 Å². The Morgan fingerprint density at radius 3 is 2.68 bits per heavy atom. The number of methoxy groups -OCH3 is 1. The van der Waals surface area contributed by atoms with Gasteiger partial charge >= 0.3 is 5.97 Å². The summed E-state index contributed by atoms with van der Waals surface area (Å²) in [5.41, 5.74) is 2.57. The van der Waals surface area contributed by atoms with Crippen LogP contribution >= 0.6 is 0 Å². The average Bonchev–Trinajstić information content (AvgIpc) is 2.60. The van der Waals surface area contributed by atoms with E-state index in [1.807, 2.05) is 25.1 Å². The Bertz CT molecular complexity index is 757. The highest BCUT2D eigenvalue weighted by atomic mass is 16.5. The minimum atomic E-state index is -1.07. The van der Waals surface area contributed by atoms with Gasteiger partial charge in [0.25, 0.3) is 5.91 Å². The summed E-state index contributed by atoms with van der Waals surface area (Å²) in [7, 11) is 1.62. The molecule has 0 radical (unpaired) electrons. The first kappa shape index (κ1) is 18.3. The molecule has 0 aliphatic heterocycles. The molecular formula is C19H21NO5. The summed E-state index contributed by atoms with van der Waals surface area (Å²) in [6, 6.07) is 12.3. The van der Waals surface area contributed by atoms with Crippen LogP contribution in [-0.2, 0) is 11.2 Å². The van der Waals surface area contributed by atoms with Crippen LogP contribution in [0.4, 0.5) is 0 Å². The summed E-state index contributed by atoms with van der Waals surface area (Å²) in [6.45, 7) is 2.02. The van der Waals surface area contributed by atoms with E-state index in [9.17, 15) is 9.59 Å². The number of aryl methyl sites for hydroxylation is 1. The van der Waals surface area contributed by atoms with Crippen molar-refractivity contribution in [1.29, 1.82) is 0 Å². The number of benzene rings is 2. The van der Waals surface area contributed by atoms with Crippen molar-refractivity contribution in [2.24, 2.45) is 0 Å². The van der Waals surface area contributed by atoms with Gasteiger partial charge in [0.2, 0.25) is 0 Å². The number of nitrogens with one attached hydrogen (secondary N) is 1. The van der Waals surface area contributed by atoms with E-state index in [0.29, 0.717) is 24.3 Å². The maximum absolute atomic E-state index is 12.2. The Morgan fingerprint density at radius 2 is 1.96 bits per heavy atom. The van der Waals surface area contributed by atoms with Gasteiger partial charge in [-0.3, -0.25) is 4.79 Å². The number of carbonyl (C=O) groups excluding carboxylic acids is 1. The number of carbonyl (C=O) groups is 2. The van der Waals surface area contributed by atoms with Crippen molar-refractivity contribution in [1.82, 2.24) is 5.32 Å². The summed E-state index contributed by atoms with van der Waals surface area (Å²) in [5.74, 6) is -0.173. The fourth-order valence-electron chi connectivity index (χ4n) is 2.39. The fourth-order valence-corrected chi connectivity index (χ4v) is 2.39. The molecule has 2 aromatic rings. The van der Waals surface area contributed by atoms with Gasteiger partial charge < -0.3 is 19.9 Å². The van der Waals surface area contributed by atoms with Gasteiger partial charge in [0.05, 0.1) is 7.11 Å². The lowest BCUT2D eigenvalue weighted by Crippen LogP contribution is -2.25. The lowest BCUT2D eigenvalue weighted by atomic mass is 10.1. The molecular weight excluding hydrogens is 322 g/mol. The van der Waals surface area contributed by atoms with Crippen molar-refractivity contribution in [3.05, 3.63) is 59.2 Å². The van der Waals surface area contributed by atoms with Gasteiger partial charge in [0.1, 0.15) is 11.5 Å². The highest BCUT2D eigenvalue weighted by molar-refractivity contribution is 5.94. The third-order valence-corrected chi connectivity index (χ3v) is 3.57. The lowest BCUT2D eigenvalue weighted by Gasteiger charge is -2.11. The summed E-state index contributed by atoms with van der Waals surface area (Å²) in [6.07, 6.45) is 0.645. The van der Waals surface area contributed by atoms with Crippen molar-refractivity contribution in [3.63, 3.8) is 0 Å². The fraction of sp³-hybridized carbons (Fsp3) is 0.263. The standard InChI is InChI=1S/C19H21NO5/c1-13-6-7-17(24-2)14(10-13)8-9-20-19(23)15-4-3-5-16(11-15)25-12-18(21)22/h3-7,10-11H,8-9,12H2,1-2H3,(H,20,23)(H,21,22). The Kier molecular flexibility index (Phi) is 6.39. The topological polar surface area (TPSA) is 84.9 Å².